The Morgan fingerprint density at radius 2 is 1.89 bits per heavy atom. The minimum atomic E-state index is 0.497. The Labute approximate surface area is 111 Å². The lowest BCUT2D eigenvalue weighted by Gasteiger charge is -2.35. The fraction of sp³-hybridized carbons (Fsp3) is 1.00. The first kappa shape index (κ1) is 14.3. The molecule has 2 aliphatic rings. The van der Waals surface area contributed by atoms with E-state index in [0.29, 0.717) is 18.2 Å². The molecule has 0 aromatic carbocycles. The van der Waals surface area contributed by atoms with Crippen LogP contribution in [0.25, 0.3) is 0 Å². The predicted octanol–water partition coefficient (Wildman–Crippen LogP) is 1.30. The molecule has 1 heterocycles. The molecule has 0 aromatic heterocycles. The molecule has 2 fully saturated rings. The van der Waals surface area contributed by atoms with Crippen molar-refractivity contribution in [3.8, 4) is 0 Å². The van der Waals surface area contributed by atoms with E-state index >= 15 is 0 Å². The normalized spacial score (nSPS) is 29.2. The number of piperidine rings is 1. The van der Waals surface area contributed by atoms with E-state index in [2.05, 4.69) is 17.6 Å². The summed E-state index contributed by atoms with van der Waals surface area (Å²) in [7, 11) is 0. The molecule has 4 heteroatoms. The van der Waals surface area contributed by atoms with Gasteiger partial charge in [0.2, 0.25) is 0 Å². The molecule has 0 unspecified atom stereocenters. The Hall–Kier alpha value is -0.160. The summed E-state index contributed by atoms with van der Waals surface area (Å²) < 4.78 is 11.4. The van der Waals surface area contributed by atoms with Crippen molar-refractivity contribution in [2.45, 2.75) is 57.3 Å². The average Bonchev–Trinajstić information content (AvgIpc) is 2.36. The second-order valence-electron chi connectivity index (χ2n) is 5.37. The molecule has 2 N–H and O–H groups in total. The van der Waals surface area contributed by atoms with Crippen molar-refractivity contribution in [3.05, 3.63) is 0 Å². The lowest BCUT2D eigenvalue weighted by molar-refractivity contribution is -0.0110. The first-order chi connectivity index (χ1) is 8.88. The summed E-state index contributed by atoms with van der Waals surface area (Å²) in [5, 5.41) is 6.93. The Kier molecular flexibility index (Phi) is 6.41. The van der Waals surface area contributed by atoms with Crippen LogP contribution in [0.15, 0.2) is 0 Å². The van der Waals surface area contributed by atoms with E-state index in [1.807, 2.05) is 0 Å². The molecule has 4 nitrogen and oxygen atoms in total. The molecule has 18 heavy (non-hydrogen) atoms. The van der Waals surface area contributed by atoms with Gasteiger partial charge in [-0.05, 0) is 58.7 Å². The highest BCUT2D eigenvalue weighted by Gasteiger charge is 2.28. The van der Waals surface area contributed by atoms with E-state index < -0.39 is 0 Å². The van der Waals surface area contributed by atoms with Crippen LogP contribution < -0.4 is 10.6 Å². The van der Waals surface area contributed by atoms with Crippen molar-refractivity contribution >= 4 is 0 Å². The van der Waals surface area contributed by atoms with E-state index in [1.54, 1.807) is 0 Å². The lowest BCUT2D eigenvalue weighted by atomic mass is 9.89. The second-order valence-corrected chi connectivity index (χ2v) is 5.37. The molecule has 0 atom stereocenters. The Balaban J connectivity index is 1.38. The third-order valence-corrected chi connectivity index (χ3v) is 3.89. The third-order valence-electron chi connectivity index (χ3n) is 3.89. The predicted molar refractivity (Wildman–Crippen MR) is 72.9 cm³/mol. The maximum absolute atomic E-state index is 5.87. The van der Waals surface area contributed by atoms with Gasteiger partial charge < -0.3 is 20.1 Å². The van der Waals surface area contributed by atoms with Crippen LogP contribution in [0.3, 0.4) is 0 Å². The topological polar surface area (TPSA) is 42.5 Å². The maximum atomic E-state index is 5.87. The molecule has 0 bridgehead atoms. The van der Waals surface area contributed by atoms with Crippen molar-refractivity contribution in [2.24, 2.45) is 0 Å². The van der Waals surface area contributed by atoms with E-state index in [0.717, 1.165) is 39.3 Å². The summed E-state index contributed by atoms with van der Waals surface area (Å²) in [4.78, 5) is 0. The molecule has 106 valence electrons. The van der Waals surface area contributed by atoms with Gasteiger partial charge in [0, 0.05) is 19.3 Å². The number of rotatable bonds is 8. The second kappa shape index (κ2) is 8.10. The third kappa shape index (κ3) is 4.84. The van der Waals surface area contributed by atoms with E-state index in [-0.39, 0.29) is 0 Å². The molecular formula is C14H28N2O2. The summed E-state index contributed by atoms with van der Waals surface area (Å²) in [5.74, 6) is 0. The number of hydrogen-bond acceptors (Lipinski definition) is 4. The van der Waals surface area contributed by atoms with Gasteiger partial charge in [0.25, 0.3) is 0 Å². The number of hydrogen-bond donors (Lipinski definition) is 2. The van der Waals surface area contributed by atoms with Crippen LogP contribution in [0, 0.1) is 0 Å². The van der Waals surface area contributed by atoms with Gasteiger partial charge in [-0.15, -0.1) is 0 Å². The van der Waals surface area contributed by atoms with Crippen LogP contribution in [-0.2, 0) is 9.47 Å². The fourth-order valence-electron chi connectivity index (χ4n) is 2.69. The summed E-state index contributed by atoms with van der Waals surface area (Å²) in [6.07, 6.45) is 6.85. The van der Waals surface area contributed by atoms with Gasteiger partial charge in [-0.3, -0.25) is 0 Å². The molecule has 0 aromatic rings. The van der Waals surface area contributed by atoms with Crippen molar-refractivity contribution in [3.63, 3.8) is 0 Å². The zero-order valence-electron chi connectivity index (χ0n) is 11.6. The van der Waals surface area contributed by atoms with Gasteiger partial charge in [-0.1, -0.05) is 0 Å². The monoisotopic (exact) mass is 256 g/mol. The van der Waals surface area contributed by atoms with Crippen LogP contribution >= 0.6 is 0 Å². The van der Waals surface area contributed by atoms with Crippen molar-refractivity contribution in [1.82, 2.24) is 10.6 Å². The van der Waals surface area contributed by atoms with Gasteiger partial charge in [-0.25, -0.2) is 0 Å². The van der Waals surface area contributed by atoms with Crippen molar-refractivity contribution in [1.29, 1.82) is 0 Å². The van der Waals surface area contributed by atoms with E-state index in [4.69, 9.17) is 9.47 Å². The zero-order valence-corrected chi connectivity index (χ0v) is 11.6. The van der Waals surface area contributed by atoms with Crippen molar-refractivity contribution < 1.29 is 9.47 Å². The molecule has 0 amide bonds. The van der Waals surface area contributed by atoms with E-state index in [1.165, 1.54) is 25.7 Å². The Morgan fingerprint density at radius 3 is 2.61 bits per heavy atom. The Morgan fingerprint density at radius 1 is 1.11 bits per heavy atom. The van der Waals surface area contributed by atoms with Crippen LogP contribution in [0.1, 0.15) is 39.0 Å². The van der Waals surface area contributed by atoms with Gasteiger partial charge in [0.1, 0.15) is 0 Å². The van der Waals surface area contributed by atoms with Crippen LogP contribution in [0.5, 0.6) is 0 Å². The summed E-state index contributed by atoms with van der Waals surface area (Å²) in [5.41, 5.74) is 0. The highest BCUT2D eigenvalue weighted by molar-refractivity contribution is 4.85. The standard InChI is InChI=1S/C14H28N2O2/c1-2-17-14-10-12(11-14)16-6-3-9-18-13-4-7-15-8-5-13/h12-16H,2-11H2,1H3. The minimum Gasteiger partial charge on any atom is -0.378 e. The fourth-order valence-corrected chi connectivity index (χ4v) is 2.69. The SMILES string of the molecule is CCOC1CC(NCCCOC2CCNCC2)C1. The highest BCUT2D eigenvalue weighted by Crippen LogP contribution is 2.22. The molecule has 1 aliphatic heterocycles. The van der Waals surface area contributed by atoms with Gasteiger partial charge in [-0.2, -0.15) is 0 Å². The quantitative estimate of drug-likeness (QED) is 0.643. The van der Waals surface area contributed by atoms with Gasteiger partial charge in [0.15, 0.2) is 0 Å². The van der Waals surface area contributed by atoms with Crippen molar-refractivity contribution in [2.75, 3.05) is 32.8 Å². The first-order valence-electron chi connectivity index (χ1n) is 7.55. The summed E-state index contributed by atoms with van der Waals surface area (Å²) >= 11 is 0. The molecule has 0 radical (unpaired) electrons. The lowest BCUT2D eigenvalue weighted by Crippen LogP contribution is -2.45. The van der Waals surface area contributed by atoms with Gasteiger partial charge in [0.05, 0.1) is 12.2 Å². The minimum absolute atomic E-state index is 0.497. The first-order valence-corrected chi connectivity index (χ1v) is 7.55. The zero-order chi connectivity index (χ0) is 12.6. The van der Waals surface area contributed by atoms with Gasteiger partial charge >= 0.3 is 0 Å². The summed E-state index contributed by atoms with van der Waals surface area (Å²) in [6.45, 7) is 7.13. The molecule has 1 aliphatic carbocycles. The average molecular weight is 256 g/mol. The molecular weight excluding hydrogens is 228 g/mol. The molecule has 1 saturated heterocycles. The molecule has 2 rings (SSSR count). The maximum Gasteiger partial charge on any atom is 0.0604 e. The Bertz CT molecular complexity index is 214. The smallest absolute Gasteiger partial charge is 0.0604 e. The van der Waals surface area contributed by atoms with Crippen LogP contribution in [0.4, 0.5) is 0 Å². The largest absolute Gasteiger partial charge is 0.378 e. The molecule has 0 spiro atoms. The number of nitrogens with one attached hydrogen (secondary N) is 2. The summed E-state index contributed by atoms with van der Waals surface area (Å²) in [6, 6.07) is 0.681. The molecule has 1 saturated carbocycles. The highest BCUT2D eigenvalue weighted by atomic mass is 16.5. The van der Waals surface area contributed by atoms with Crippen LogP contribution in [-0.4, -0.2) is 51.1 Å². The number of ether oxygens (including phenoxy) is 2. The van der Waals surface area contributed by atoms with E-state index in [9.17, 15) is 0 Å². The van der Waals surface area contributed by atoms with Crippen LogP contribution in [0.2, 0.25) is 0 Å².